The van der Waals surface area contributed by atoms with Gasteiger partial charge in [0.05, 0.1) is 22.7 Å². The first-order chi connectivity index (χ1) is 15.7. The van der Waals surface area contributed by atoms with Gasteiger partial charge in [-0.25, -0.2) is 17.2 Å². The highest BCUT2D eigenvalue weighted by Gasteiger charge is 2.30. The van der Waals surface area contributed by atoms with Crippen LogP contribution in [0.1, 0.15) is 30.0 Å². The number of fused-ring (bicyclic) bond motifs is 1. The van der Waals surface area contributed by atoms with Gasteiger partial charge in [-0.3, -0.25) is 4.31 Å². The van der Waals surface area contributed by atoms with Crippen LogP contribution in [0.15, 0.2) is 59.5 Å². The molecule has 1 heterocycles. The second-order valence-electron chi connectivity index (χ2n) is 7.79. The zero-order chi connectivity index (χ0) is 23.8. The summed E-state index contributed by atoms with van der Waals surface area (Å²) in [6.07, 6.45) is 3.16. The maximum atomic E-state index is 14.3. The lowest BCUT2D eigenvalue weighted by Gasteiger charge is -2.31. The van der Waals surface area contributed by atoms with Gasteiger partial charge in [-0.15, -0.1) is 0 Å². The van der Waals surface area contributed by atoms with Crippen molar-refractivity contribution in [3.05, 3.63) is 87.9 Å². The van der Waals surface area contributed by atoms with Crippen molar-refractivity contribution in [2.24, 2.45) is 0 Å². The van der Waals surface area contributed by atoms with Gasteiger partial charge in [0, 0.05) is 18.2 Å². The van der Waals surface area contributed by atoms with Crippen LogP contribution >= 0.6 is 11.6 Å². The van der Waals surface area contributed by atoms with Crippen LogP contribution in [-0.2, 0) is 16.4 Å². The average molecular weight is 490 g/mol. The summed E-state index contributed by atoms with van der Waals surface area (Å²) in [6.45, 7) is 2.05. The maximum Gasteiger partial charge on any atom is 0.264 e. The van der Waals surface area contributed by atoms with E-state index in [0.29, 0.717) is 40.4 Å². The molecule has 0 saturated carbocycles. The summed E-state index contributed by atoms with van der Waals surface area (Å²) in [7, 11) is -2.67. The van der Waals surface area contributed by atoms with Gasteiger partial charge in [0.25, 0.3) is 10.0 Å². The number of rotatable bonds is 5. The minimum Gasteiger partial charge on any atom is -0.494 e. The molecule has 0 saturated heterocycles. The highest BCUT2D eigenvalue weighted by molar-refractivity contribution is 7.92. The Kier molecular flexibility index (Phi) is 6.45. The zero-order valence-corrected chi connectivity index (χ0v) is 19.7. The predicted octanol–water partition coefficient (Wildman–Crippen LogP) is 6.33. The summed E-state index contributed by atoms with van der Waals surface area (Å²) in [6, 6.07) is 13.5. The molecule has 172 valence electrons. The van der Waals surface area contributed by atoms with E-state index in [-0.39, 0.29) is 10.6 Å². The summed E-state index contributed by atoms with van der Waals surface area (Å²) in [5, 5.41) is 0.302. The van der Waals surface area contributed by atoms with Crippen molar-refractivity contribution in [3.63, 3.8) is 0 Å². The number of nitrogens with zero attached hydrogens (tertiary/aromatic N) is 1. The molecule has 3 aromatic rings. The van der Waals surface area contributed by atoms with E-state index in [1.54, 1.807) is 31.2 Å². The second-order valence-corrected chi connectivity index (χ2v) is 10.1. The number of anilines is 1. The third-order valence-electron chi connectivity index (χ3n) is 5.64. The molecule has 0 atom stereocenters. The molecule has 0 fully saturated rings. The number of ether oxygens (including phenoxy) is 1. The van der Waals surface area contributed by atoms with E-state index in [9.17, 15) is 17.2 Å². The normalized spacial score (nSPS) is 14.2. The molecule has 0 radical (unpaired) electrons. The van der Waals surface area contributed by atoms with Crippen molar-refractivity contribution in [1.29, 1.82) is 0 Å². The van der Waals surface area contributed by atoms with E-state index >= 15 is 0 Å². The summed E-state index contributed by atoms with van der Waals surface area (Å²) >= 11 is 6.19. The SMILES string of the molecule is COc1cc(S(=O)(=O)N2CCCc3ccc(/C=C(\C)c4c(F)cccc4Cl)cc32)ccc1F. The first kappa shape index (κ1) is 23.3. The summed E-state index contributed by atoms with van der Waals surface area (Å²) in [5.41, 5.74) is 3.07. The van der Waals surface area contributed by atoms with Crippen LogP contribution < -0.4 is 9.04 Å². The van der Waals surface area contributed by atoms with Gasteiger partial charge in [-0.2, -0.15) is 0 Å². The van der Waals surface area contributed by atoms with E-state index in [1.165, 1.54) is 29.6 Å². The summed E-state index contributed by atoms with van der Waals surface area (Å²) in [5.74, 6) is -1.20. The molecule has 1 aliphatic heterocycles. The Morgan fingerprint density at radius 3 is 2.61 bits per heavy atom. The van der Waals surface area contributed by atoms with E-state index in [1.807, 2.05) is 12.1 Å². The monoisotopic (exact) mass is 489 g/mol. The fourth-order valence-electron chi connectivity index (χ4n) is 4.02. The van der Waals surface area contributed by atoms with Crippen molar-refractivity contribution < 1.29 is 21.9 Å². The average Bonchev–Trinajstić information content (AvgIpc) is 2.78. The Bertz CT molecular complexity index is 1340. The highest BCUT2D eigenvalue weighted by atomic mass is 35.5. The number of halogens is 3. The minimum atomic E-state index is -3.95. The zero-order valence-electron chi connectivity index (χ0n) is 18.1. The van der Waals surface area contributed by atoms with Gasteiger partial charge in [0.15, 0.2) is 11.6 Å². The van der Waals surface area contributed by atoms with E-state index < -0.39 is 21.7 Å². The van der Waals surface area contributed by atoms with Gasteiger partial charge >= 0.3 is 0 Å². The van der Waals surface area contributed by atoms with Crippen LogP contribution in [-0.4, -0.2) is 22.1 Å². The van der Waals surface area contributed by atoms with Crippen molar-refractivity contribution in [2.75, 3.05) is 18.0 Å². The molecular weight excluding hydrogens is 468 g/mol. The lowest BCUT2D eigenvalue weighted by Crippen LogP contribution is -2.35. The lowest BCUT2D eigenvalue weighted by atomic mass is 9.99. The molecule has 4 rings (SSSR count). The first-order valence-corrected chi connectivity index (χ1v) is 12.2. The minimum absolute atomic E-state index is 0.0520. The Balaban J connectivity index is 1.76. The standard InChI is InChI=1S/C25H22ClF2NO3S/c1-16(25-20(26)6-3-7-22(25)28)13-17-8-9-18-5-4-12-29(23(18)14-17)33(30,31)19-10-11-21(27)24(15-19)32-2/h3,6-11,13-15H,4-5,12H2,1-2H3/b16-13+. The molecule has 33 heavy (non-hydrogen) atoms. The van der Waals surface area contributed by atoms with Crippen LogP contribution in [0.5, 0.6) is 5.75 Å². The molecule has 0 unspecified atom stereocenters. The molecule has 3 aromatic carbocycles. The van der Waals surface area contributed by atoms with Crippen molar-refractivity contribution in [1.82, 2.24) is 0 Å². The van der Waals surface area contributed by atoms with Crippen LogP contribution in [0.3, 0.4) is 0 Å². The van der Waals surface area contributed by atoms with Crippen molar-refractivity contribution >= 4 is 39.0 Å². The first-order valence-electron chi connectivity index (χ1n) is 10.3. The number of sulfonamides is 1. The Morgan fingerprint density at radius 1 is 1.09 bits per heavy atom. The van der Waals surface area contributed by atoms with Crippen LogP contribution in [0.25, 0.3) is 11.6 Å². The predicted molar refractivity (Wildman–Crippen MR) is 127 cm³/mol. The smallest absolute Gasteiger partial charge is 0.264 e. The Hall–Kier alpha value is -2.90. The molecule has 0 bridgehead atoms. The second kappa shape index (κ2) is 9.15. The number of allylic oxidation sites excluding steroid dienone is 1. The lowest BCUT2D eigenvalue weighted by molar-refractivity contribution is 0.385. The van der Waals surface area contributed by atoms with E-state index in [0.717, 1.165) is 18.1 Å². The number of methoxy groups -OCH3 is 1. The van der Waals surface area contributed by atoms with Gasteiger partial charge in [0.2, 0.25) is 0 Å². The fourth-order valence-corrected chi connectivity index (χ4v) is 5.88. The molecule has 1 aliphatic rings. The molecule has 4 nitrogen and oxygen atoms in total. The van der Waals surface area contributed by atoms with Gasteiger partial charge in [-0.05, 0) is 66.8 Å². The quantitative estimate of drug-likeness (QED) is 0.393. The highest BCUT2D eigenvalue weighted by Crippen LogP contribution is 2.35. The summed E-state index contributed by atoms with van der Waals surface area (Å²) in [4.78, 5) is -0.0520. The third kappa shape index (κ3) is 4.48. The maximum absolute atomic E-state index is 14.3. The number of aryl methyl sites for hydroxylation is 1. The summed E-state index contributed by atoms with van der Waals surface area (Å²) < 4.78 is 61.3. The van der Waals surface area contributed by atoms with Gasteiger partial charge < -0.3 is 4.74 Å². The van der Waals surface area contributed by atoms with Gasteiger partial charge in [0.1, 0.15) is 5.82 Å². The number of hydrogen-bond donors (Lipinski definition) is 0. The van der Waals surface area contributed by atoms with Gasteiger partial charge in [-0.1, -0.05) is 35.9 Å². The third-order valence-corrected chi connectivity index (χ3v) is 7.76. The molecule has 8 heteroatoms. The largest absolute Gasteiger partial charge is 0.494 e. The Labute approximate surface area is 197 Å². The Morgan fingerprint density at radius 2 is 1.88 bits per heavy atom. The van der Waals surface area contributed by atoms with Crippen molar-refractivity contribution in [2.45, 2.75) is 24.7 Å². The molecule has 0 amide bonds. The fraction of sp³-hybridized carbons (Fsp3) is 0.200. The topological polar surface area (TPSA) is 46.6 Å². The number of hydrogen-bond acceptors (Lipinski definition) is 3. The van der Waals surface area contributed by atoms with Crippen LogP contribution in [0.2, 0.25) is 5.02 Å². The van der Waals surface area contributed by atoms with E-state index in [2.05, 4.69) is 0 Å². The van der Waals surface area contributed by atoms with E-state index in [4.69, 9.17) is 16.3 Å². The van der Waals surface area contributed by atoms with Crippen LogP contribution in [0.4, 0.5) is 14.5 Å². The molecule has 0 spiro atoms. The number of benzene rings is 3. The van der Waals surface area contributed by atoms with Crippen molar-refractivity contribution in [3.8, 4) is 5.75 Å². The molecule has 0 aromatic heterocycles. The van der Waals surface area contributed by atoms with Crippen LogP contribution in [0, 0.1) is 11.6 Å². The molecule has 0 N–H and O–H groups in total. The molecule has 0 aliphatic carbocycles. The molecular formula is C25H22ClF2NO3S.